The van der Waals surface area contributed by atoms with Gasteiger partial charge in [-0.2, -0.15) is 0 Å². The highest BCUT2D eigenvalue weighted by molar-refractivity contribution is 5.66. The van der Waals surface area contributed by atoms with Crippen LogP contribution in [0, 0.1) is 0 Å². The average Bonchev–Trinajstić information content (AvgIpc) is 1.97. The molecule has 0 heterocycles. The van der Waals surface area contributed by atoms with Crippen LogP contribution in [-0.2, 0) is 4.79 Å². The zero-order valence-electron chi connectivity index (χ0n) is 8.65. The third-order valence-corrected chi connectivity index (χ3v) is 2.89. The van der Waals surface area contributed by atoms with E-state index in [0.717, 1.165) is 0 Å². The molecule has 82 valence electrons. The van der Waals surface area contributed by atoms with E-state index in [2.05, 4.69) is 4.90 Å². The number of rotatable bonds is 6. The highest BCUT2D eigenvalue weighted by Crippen LogP contribution is 2.23. The molecular weight excluding hydrogens is 182 g/mol. The molecule has 4 nitrogen and oxygen atoms in total. The second kappa shape index (κ2) is 5.32. The minimum Gasteiger partial charge on any atom is -0.481 e. The van der Waals surface area contributed by atoms with Crippen molar-refractivity contribution in [3.05, 3.63) is 0 Å². The number of carbonyl (C=O) groups is 1. The van der Waals surface area contributed by atoms with Crippen LogP contribution in [0.2, 0.25) is 0 Å². The smallest absolute Gasteiger partial charge is 0.303 e. The lowest BCUT2D eigenvalue weighted by atomic mass is 9.91. The first-order valence-corrected chi connectivity index (χ1v) is 5.19. The van der Waals surface area contributed by atoms with E-state index < -0.39 is 12.1 Å². The fourth-order valence-electron chi connectivity index (χ4n) is 1.69. The van der Waals surface area contributed by atoms with Gasteiger partial charge < -0.3 is 15.1 Å². The highest BCUT2D eigenvalue weighted by Gasteiger charge is 2.23. The third kappa shape index (κ3) is 3.64. The summed E-state index contributed by atoms with van der Waals surface area (Å²) in [7, 11) is 1.99. The van der Waals surface area contributed by atoms with Crippen LogP contribution in [-0.4, -0.2) is 46.8 Å². The molecule has 0 aliphatic heterocycles. The van der Waals surface area contributed by atoms with E-state index >= 15 is 0 Å². The van der Waals surface area contributed by atoms with Gasteiger partial charge in [0.15, 0.2) is 0 Å². The van der Waals surface area contributed by atoms with E-state index in [-0.39, 0.29) is 6.42 Å². The molecule has 2 N–H and O–H groups in total. The first kappa shape index (κ1) is 11.5. The number of hydrogen-bond donors (Lipinski definition) is 2. The summed E-state index contributed by atoms with van der Waals surface area (Å²) < 4.78 is 0. The van der Waals surface area contributed by atoms with Gasteiger partial charge in [-0.25, -0.2) is 0 Å². The Hall–Kier alpha value is -0.610. The minimum atomic E-state index is -0.838. The summed E-state index contributed by atoms with van der Waals surface area (Å²) in [5.41, 5.74) is 0. The van der Waals surface area contributed by atoms with Crippen molar-refractivity contribution >= 4 is 5.97 Å². The zero-order chi connectivity index (χ0) is 10.6. The lowest BCUT2D eigenvalue weighted by Gasteiger charge is -2.35. The molecule has 0 aromatic rings. The van der Waals surface area contributed by atoms with Crippen molar-refractivity contribution in [2.24, 2.45) is 0 Å². The van der Waals surface area contributed by atoms with Crippen molar-refractivity contribution in [3.8, 4) is 0 Å². The Morgan fingerprint density at radius 1 is 1.57 bits per heavy atom. The lowest BCUT2D eigenvalue weighted by molar-refractivity contribution is -0.137. The maximum Gasteiger partial charge on any atom is 0.303 e. The summed E-state index contributed by atoms with van der Waals surface area (Å²) in [4.78, 5) is 12.4. The van der Waals surface area contributed by atoms with Crippen LogP contribution in [0.3, 0.4) is 0 Å². The summed E-state index contributed by atoms with van der Waals surface area (Å²) in [6.07, 6.45) is 3.60. The normalized spacial score (nSPS) is 19.4. The summed E-state index contributed by atoms with van der Waals surface area (Å²) in [5, 5.41) is 18.0. The van der Waals surface area contributed by atoms with E-state index in [0.29, 0.717) is 19.0 Å². The Balaban J connectivity index is 2.11. The summed E-state index contributed by atoms with van der Waals surface area (Å²) >= 11 is 0. The van der Waals surface area contributed by atoms with E-state index in [4.69, 9.17) is 5.11 Å². The van der Waals surface area contributed by atoms with Crippen LogP contribution in [0.25, 0.3) is 0 Å². The number of hydrogen-bond acceptors (Lipinski definition) is 3. The number of aliphatic hydroxyl groups excluding tert-OH is 1. The molecule has 0 spiro atoms. The fraction of sp³-hybridized carbons (Fsp3) is 0.900. The third-order valence-electron chi connectivity index (χ3n) is 2.89. The first-order valence-electron chi connectivity index (χ1n) is 5.19. The highest BCUT2D eigenvalue weighted by atomic mass is 16.4. The number of likely N-dealkylation sites (N-methyl/N-ethyl adjacent to an activating group) is 1. The number of nitrogens with zero attached hydrogens (tertiary/aromatic N) is 1. The summed E-state index contributed by atoms with van der Waals surface area (Å²) in [6.45, 7) is 0.595. The molecular formula is C10H19NO3. The molecule has 0 radical (unpaired) electrons. The number of carboxylic acid groups (broad SMARTS) is 1. The fourth-order valence-corrected chi connectivity index (χ4v) is 1.69. The molecule has 1 saturated carbocycles. The molecule has 0 saturated heterocycles. The minimum absolute atomic E-state index is 0.0552. The topological polar surface area (TPSA) is 60.8 Å². The van der Waals surface area contributed by atoms with Crippen molar-refractivity contribution in [1.82, 2.24) is 4.90 Å². The Labute approximate surface area is 84.5 Å². The van der Waals surface area contributed by atoms with Gasteiger partial charge in [0.05, 0.1) is 6.10 Å². The van der Waals surface area contributed by atoms with Crippen LogP contribution in [0.5, 0.6) is 0 Å². The average molecular weight is 201 g/mol. The van der Waals surface area contributed by atoms with Gasteiger partial charge in [-0.3, -0.25) is 4.79 Å². The van der Waals surface area contributed by atoms with E-state index in [1.165, 1.54) is 19.3 Å². The van der Waals surface area contributed by atoms with E-state index in [1.54, 1.807) is 0 Å². The summed E-state index contributed by atoms with van der Waals surface area (Å²) in [5.74, 6) is -0.838. The largest absolute Gasteiger partial charge is 0.481 e. The van der Waals surface area contributed by atoms with Crippen molar-refractivity contribution in [2.45, 2.75) is 44.2 Å². The van der Waals surface area contributed by atoms with E-state index in [9.17, 15) is 9.90 Å². The van der Waals surface area contributed by atoms with Gasteiger partial charge in [-0.1, -0.05) is 6.42 Å². The molecule has 0 aromatic heterocycles. The van der Waals surface area contributed by atoms with E-state index in [1.807, 2.05) is 7.05 Å². The van der Waals surface area contributed by atoms with Gasteiger partial charge in [0, 0.05) is 19.0 Å². The van der Waals surface area contributed by atoms with Crippen molar-refractivity contribution in [1.29, 1.82) is 0 Å². The maximum absolute atomic E-state index is 10.3. The molecule has 1 unspecified atom stereocenters. The molecule has 1 aliphatic rings. The molecule has 1 rings (SSSR count). The first-order chi connectivity index (χ1) is 6.59. The zero-order valence-corrected chi connectivity index (χ0v) is 8.65. The maximum atomic E-state index is 10.3. The molecule has 0 amide bonds. The number of carboxylic acids is 1. The van der Waals surface area contributed by atoms with Crippen LogP contribution < -0.4 is 0 Å². The van der Waals surface area contributed by atoms with Gasteiger partial charge in [0.25, 0.3) is 0 Å². The molecule has 1 fully saturated rings. The molecule has 0 aromatic carbocycles. The van der Waals surface area contributed by atoms with Crippen LogP contribution in [0.1, 0.15) is 32.1 Å². The SMILES string of the molecule is CN(CC(O)CCC(=O)O)C1CCC1. The van der Waals surface area contributed by atoms with Gasteiger partial charge >= 0.3 is 5.97 Å². The molecule has 0 bridgehead atoms. The molecule has 4 heteroatoms. The standard InChI is InChI=1S/C10H19NO3/c1-11(8-3-2-4-8)7-9(12)5-6-10(13)14/h8-9,12H,2-7H2,1H3,(H,13,14). The second-order valence-corrected chi connectivity index (χ2v) is 4.11. The van der Waals surface area contributed by atoms with Gasteiger partial charge in [-0.15, -0.1) is 0 Å². The Morgan fingerprint density at radius 3 is 2.64 bits per heavy atom. The van der Waals surface area contributed by atoms with Crippen molar-refractivity contribution < 1.29 is 15.0 Å². The summed E-state index contributed by atoms with van der Waals surface area (Å²) in [6, 6.07) is 0.606. The van der Waals surface area contributed by atoms with Crippen LogP contribution >= 0.6 is 0 Å². The Morgan fingerprint density at radius 2 is 2.21 bits per heavy atom. The molecule has 1 aliphatic carbocycles. The Bertz CT molecular complexity index is 192. The molecule has 1 atom stereocenters. The van der Waals surface area contributed by atoms with Gasteiger partial charge in [-0.05, 0) is 26.3 Å². The molecule has 14 heavy (non-hydrogen) atoms. The predicted octanol–water partition coefficient (Wildman–Crippen LogP) is 0.696. The van der Waals surface area contributed by atoms with Crippen molar-refractivity contribution in [2.75, 3.05) is 13.6 Å². The number of aliphatic hydroxyl groups is 1. The van der Waals surface area contributed by atoms with Crippen molar-refractivity contribution in [3.63, 3.8) is 0 Å². The lowest BCUT2D eigenvalue weighted by Crippen LogP contribution is -2.41. The van der Waals surface area contributed by atoms with Gasteiger partial charge in [0.1, 0.15) is 0 Å². The van der Waals surface area contributed by atoms with Gasteiger partial charge in [0.2, 0.25) is 0 Å². The van der Waals surface area contributed by atoms with Crippen LogP contribution in [0.15, 0.2) is 0 Å². The monoisotopic (exact) mass is 201 g/mol. The predicted molar refractivity (Wildman–Crippen MR) is 53.1 cm³/mol. The Kier molecular flexibility index (Phi) is 4.35. The second-order valence-electron chi connectivity index (χ2n) is 4.11. The van der Waals surface area contributed by atoms with Crippen LogP contribution in [0.4, 0.5) is 0 Å². The number of aliphatic carboxylic acids is 1. The quantitative estimate of drug-likeness (QED) is 0.664.